The van der Waals surface area contributed by atoms with Crippen LogP contribution in [0.3, 0.4) is 0 Å². The summed E-state index contributed by atoms with van der Waals surface area (Å²) in [4.78, 5) is 20.4. The molecule has 0 bridgehead atoms. The summed E-state index contributed by atoms with van der Waals surface area (Å²) >= 11 is 1.44. The fourth-order valence-electron chi connectivity index (χ4n) is 2.07. The van der Waals surface area contributed by atoms with Crippen LogP contribution in [0, 0.1) is 0 Å². The van der Waals surface area contributed by atoms with Gasteiger partial charge in [-0.2, -0.15) is 0 Å². The lowest BCUT2D eigenvalue weighted by molar-refractivity contribution is -0.115. The molecular weight excluding hydrogens is 310 g/mol. The van der Waals surface area contributed by atoms with E-state index in [0.717, 1.165) is 26.9 Å². The van der Waals surface area contributed by atoms with Crippen molar-refractivity contribution in [2.24, 2.45) is 0 Å². The molecule has 6 heteroatoms. The molecule has 3 rings (SSSR count). The van der Waals surface area contributed by atoms with Gasteiger partial charge < -0.3 is 10.1 Å². The van der Waals surface area contributed by atoms with Gasteiger partial charge in [-0.25, -0.2) is 4.98 Å². The van der Waals surface area contributed by atoms with E-state index < -0.39 is 0 Å². The molecule has 2 aromatic heterocycles. The fourth-order valence-corrected chi connectivity index (χ4v) is 2.91. The van der Waals surface area contributed by atoms with E-state index in [-0.39, 0.29) is 5.91 Å². The van der Waals surface area contributed by atoms with Gasteiger partial charge in [-0.05, 0) is 29.8 Å². The van der Waals surface area contributed by atoms with Crippen LogP contribution in [-0.2, 0) is 11.2 Å². The third-order valence-corrected chi connectivity index (χ3v) is 4.18. The first-order valence-electron chi connectivity index (χ1n) is 7.03. The quantitative estimate of drug-likeness (QED) is 0.781. The second-order valence-electron chi connectivity index (χ2n) is 4.84. The van der Waals surface area contributed by atoms with Crippen molar-refractivity contribution in [2.75, 3.05) is 12.4 Å². The zero-order valence-corrected chi connectivity index (χ0v) is 13.3. The average Bonchev–Trinajstić information content (AvgIpc) is 3.04. The number of rotatable bonds is 5. The van der Waals surface area contributed by atoms with Gasteiger partial charge in [0.15, 0.2) is 0 Å². The Labute approximate surface area is 138 Å². The number of anilines is 1. The maximum atomic E-state index is 12.1. The average molecular weight is 325 g/mol. The molecule has 0 aliphatic carbocycles. The smallest absolute Gasteiger partial charge is 0.229 e. The maximum absolute atomic E-state index is 12.1. The number of pyridine rings is 1. The number of amides is 1. The van der Waals surface area contributed by atoms with E-state index in [1.54, 1.807) is 25.7 Å². The van der Waals surface area contributed by atoms with Crippen molar-refractivity contribution in [1.29, 1.82) is 0 Å². The molecule has 0 atom stereocenters. The predicted octanol–water partition coefficient (Wildman–Crippen LogP) is 3.39. The number of methoxy groups -OCH3 is 1. The zero-order chi connectivity index (χ0) is 16.1. The van der Waals surface area contributed by atoms with Crippen molar-refractivity contribution in [1.82, 2.24) is 9.97 Å². The number of benzene rings is 1. The SMILES string of the molecule is COc1ccc(CC(=O)Nc2cnc(-c3ccncc3)s2)cc1. The second kappa shape index (κ2) is 7.02. The molecule has 1 amide bonds. The van der Waals surface area contributed by atoms with Crippen molar-refractivity contribution in [3.05, 3.63) is 60.6 Å². The summed E-state index contributed by atoms with van der Waals surface area (Å²) in [6.07, 6.45) is 5.43. The Kier molecular flexibility index (Phi) is 4.63. The van der Waals surface area contributed by atoms with Crippen molar-refractivity contribution in [3.8, 4) is 16.3 Å². The highest BCUT2D eigenvalue weighted by molar-refractivity contribution is 7.19. The first kappa shape index (κ1) is 15.2. The normalized spacial score (nSPS) is 10.3. The maximum Gasteiger partial charge on any atom is 0.229 e. The largest absolute Gasteiger partial charge is 0.497 e. The lowest BCUT2D eigenvalue weighted by Gasteiger charge is -2.04. The summed E-state index contributed by atoms with van der Waals surface area (Å²) in [6.45, 7) is 0. The van der Waals surface area contributed by atoms with Gasteiger partial charge in [-0.3, -0.25) is 9.78 Å². The van der Waals surface area contributed by atoms with Gasteiger partial charge in [0, 0.05) is 18.0 Å². The van der Waals surface area contributed by atoms with E-state index in [0.29, 0.717) is 6.42 Å². The monoisotopic (exact) mass is 325 g/mol. The van der Waals surface area contributed by atoms with E-state index in [9.17, 15) is 4.79 Å². The van der Waals surface area contributed by atoms with Crippen LogP contribution >= 0.6 is 11.3 Å². The van der Waals surface area contributed by atoms with Crippen LogP contribution in [0.1, 0.15) is 5.56 Å². The number of thiazole rings is 1. The minimum absolute atomic E-state index is 0.0694. The molecule has 0 unspecified atom stereocenters. The van der Waals surface area contributed by atoms with Crippen molar-refractivity contribution >= 4 is 22.2 Å². The lowest BCUT2D eigenvalue weighted by Crippen LogP contribution is -2.13. The standard InChI is InChI=1S/C17H15N3O2S/c1-22-14-4-2-12(3-5-14)10-15(21)20-16-11-19-17(23-16)13-6-8-18-9-7-13/h2-9,11H,10H2,1H3,(H,20,21). The number of carbonyl (C=O) groups is 1. The highest BCUT2D eigenvalue weighted by Crippen LogP contribution is 2.27. The fraction of sp³-hybridized carbons (Fsp3) is 0.118. The Morgan fingerprint density at radius 3 is 2.61 bits per heavy atom. The molecule has 2 heterocycles. The van der Waals surface area contributed by atoms with E-state index in [1.807, 2.05) is 36.4 Å². The number of nitrogens with one attached hydrogen (secondary N) is 1. The first-order chi connectivity index (χ1) is 11.2. The van der Waals surface area contributed by atoms with Crippen LogP contribution in [0.25, 0.3) is 10.6 Å². The molecule has 0 radical (unpaired) electrons. The number of carbonyl (C=O) groups excluding carboxylic acids is 1. The van der Waals surface area contributed by atoms with E-state index in [4.69, 9.17) is 4.74 Å². The zero-order valence-electron chi connectivity index (χ0n) is 12.5. The van der Waals surface area contributed by atoms with Gasteiger partial charge in [0.25, 0.3) is 0 Å². The Hall–Kier alpha value is -2.73. The summed E-state index contributed by atoms with van der Waals surface area (Å²) < 4.78 is 5.10. The first-order valence-corrected chi connectivity index (χ1v) is 7.85. The number of nitrogens with zero attached hydrogens (tertiary/aromatic N) is 2. The molecule has 0 spiro atoms. The molecule has 0 fully saturated rings. The Balaban J connectivity index is 1.63. The van der Waals surface area contributed by atoms with E-state index >= 15 is 0 Å². The highest BCUT2D eigenvalue weighted by Gasteiger charge is 2.08. The minimum atomic E-state index is -0.0694. The van der Waals surface area contributed by atoms with Gasteiger partial charge in [-0.15, -0.1) is 0 Å². The highest BCUT2D eigenvalue weighted by atomic mass is 32.1. The van der Waals surface area contributed by atoms with Crippen LogP contribution < -0.4 is 10.1 Å². The molecule has 1 aromatic carbocycles. The number of hydrogen-bond acceptors (Lipinski definition) is 5. The van der Waals surface area contributed by atoms with E-state index in [2.05, 4.69) is 15.3 Å². The Morgan fingerprint density at radius 1 is 1.17 bits per heavy atom. The third kappa shape index (κ3) is 3.92. The summed E-state index contributed by atoms with van der Waals surface area (Å²) in [5, 5.41) is 4.46. The molecule has 0 aliphatic heterocycles. The van der Waals surface area contributed by atoms with Gasteiger partial charge in [0.1, 0.15) is 15.8 Å². The number of ether oxygens (including phenoxy) is 1. The molecule has 1 N–H and O–H groups in total. The van der Waals surface area contributed by atoms with Gasteiger partial charge >= 0.3 is 0 Å². The van der Waals surface area contributed by atoms with Crippen LogP contribution in [0.2, 0.25) is 0 Å². The molecule has 3 aromatic rings. The van der Waals surface area contributed by atoms with Crippen LogP contribution in [0.4, 0.5) is 5.00 Å². The summed E-state index contributed by atoms with van der Waals surface area (Å²) in [6, 6.07) is 11.2. The third-order valence-electron chi connectivity index (χ3n) is 3.22. The molecule has 0 aliphatic rings. The summed E-state index contributed by atoms with van der Waals surface area (Å²) in [5.74, 6) is 0.707. The summed E-state index contributed by atoms with van der Waals surface area (Å²) in [7, 11) is 1.62. The lowest BCUT2D eigenvalue weighted by atomic mass is 10.1. The van der Waals surface area contributed by atoms with Gasteiger partial charge in [0.05, 0.1) is 19.7 Å². The number of hydrogen-bond donors (Lipinski definition) is 1. The molecule has 0 saturated heterocycles. The molecule has 116 valence electrons. The van der Waals surface area contributed by atoms with E-state index in [1.165, 1.54) is 11.3 Å². The predicted molar refractivity (Wildman–Crippen MR) is 90.7 cm³/mol. The molecule has 0 saturated carbocycles. The second-order valence-corrected chi connectivity index (χ2v) is 5.87. The van der Waals surface area contributed by atoms with Crippen LogP contribution in [-0.4, -0.2) is 23.0 Å². The summed E-state index contributed by atoms with van der Waals surface area (Å²) in [5.41, 5.74) is 1.92. The van der Waals surface area contributed by atoms with Gasteiger partial charge in [-0.1, -0.05) is 23.5 Å². The van der Waals surface area contributed by atoms with Crippen molar-refractivity contribution in [2.45, 2.75) is 6.42 Å². The van der Waals surface area contributed by atoms with Crippen LogP contribution in [0.5, 0.6) is 5.75 Å². The number of aromatic nitrogens is 2. The van der Waals surface area contributed by atoms with Crippen molar-refractivity contribution < 1.29 is 9.53 Å². The topological polar surface area (TPSA) is 64.1 Å². The molecule has 5 nitrogen and oxygen atoms in total. The minimum Gasteiger partial charge on any atom is -0.497 e. The molecular formula is C17H15N3O2S. The Morgan fingerprint density at radius 2 is 1.91 bits per heavy atom. The van der Waals surface area contributed by atoms with Crippen LogP contribution in [0.15, 0.2) is 55.0 Å². The van der Waals surface area contributed by atoms with Crippen molar-refractivity contribution in [3.63, 3.8) is 0 Å². The Bertz CT molecular complexity index is 785. The van der Waals surface area contributed by atoms with Gasteiger partial charge in [0.2, 0.25) is 5.91 Å². The molecule has 23 heavy (non-hydrogen) atoms.